The van der Waals surface area contributed by atoms with Crippen molar-refractivity contribution in [3.8, 4) is 45.6 Å². The van der Waals surface area contributed by atoms with Gasteiger partial charge in [-0.15, -0.1) is 0 Å². The molecule has 10 heteroatoms. The van der Waals surface area contributed by atoms with Gasteiger partial charge in [-0.2, -0.15) is 0 Å². The first-order chi connectivity index (χ1) is 20.8. The van der Waals surface area contributed by atoms with E-state index in [1.54, 1.807) is 0 Å². The molecule has 0 fully saturated rings. The number of benzene rings is 4. The van der Waals surface area contributed by atoms with Crippen molar-refractivity contribution in [1.82, 2.24) is 39.9 Å². The normalized spacial score (nSPS) is 11.5. The third kappa shape index (κ3) is 3.81. The molecule has 0 saturated carbocycles. The molecule has 0 aliphatic carbocycles. The van der Waals surface area contributed by atoms with Crippen molar-refractivity contribution in [3.05, 3.63) is 97.1 Å². The minimum atomic E-state index is 0.597. The smallest absolute Gasteiger partial charge is 0.164 e. The van der Waals surface area contributed by atoms with Crippen LogP contribution in [0.25, 0.3) is 89.7 Å². The minimum absolute atomic E-state index is 0.597. The molecule has 7 aromatic rings. The van der Waals surface area contributed by atoms with Gasteiger partial charge in [0.15, 0.2) is 23.3 Å². The van der Waals surface area contributed by atoms with Crippen LogP contribution in [0.15, 0.2) is 97.1 Å². The van der Waals surface area contributed by atoms with Crippen molar-refractivity contribution in [2.75, 3.05) is 0 Å². The summed E-state index contributed by atoms with van der Waals surface area (Å²) >= 11 is 2.83. The summed E-state index contributed by atoms with van der Waals surface area (Å²) in [4.78, 5) is 36.8. The summed E-state index contributed by atoms with van der Waals surface area (Å²) in [5, 5.41) is 3.82. The molecule has 0 radical (unpaired) electrons. The van der Waals surface area contributed by atoms with Crippen LogP contribution in [-0.2, 0) is 14.4 Å². The van der Waals surface area contributed by atoms with E-state index in [1.165, 1.54) is 0 Å². The Hall–Kier alpha value is -5.02. The molecule has 2 N–H and O–H groups in total. The Bertz CT molecular complexity index is 2060. The SMILES string of the molecule is [S]=[Fe].c1ccc2c(c1)-c1nc-2nc2[nH]c(nc3nc(nc4[nH]c(n1)c1ccccc41)-c1ccccc1-3)c1ccccc21. The average Bonchev–Trinajstić information content (AvgIpc) is 3.78. The number of nitrogens with one attached hydrogen (secondary N) is 2. The molecular weight excluding hydrogens is 584 g/mol. The van der Waals surface area contributed by atoms with Gasteiger partial charge >= 0.3 is 24.9 Å². The van der Waals surface area contributed by atoms with Gasteiger partial charge in [0.05, 0.1) is 0 Å². The average molecular weight is 602 g/mol. The van der Waals surface area contributed by atoms with E-state index in [2.05, 4.69) is 34.9 Å². The fourth-order valence-corrected chi connectivity index (χ4v) is 5.59. The van der Waals surface area contributed by atoms with Gasteiger partial charge in [-0.1, -0.05) is 97.1 Å². The predicted octanol–water partition coefficient (Wildman–Crippen LogP) is 7.51. The van der Waals surface area contributed by atoms with E-state index < -0.39 is 0 Å². The van der Waals surface area contributed by atoms with E-state index in [0.29, 0.717) is 45.9 Å². The van der Waals surface area contributed by atoms with Gasteiger partial charge in [-0.05, 0) is 0 Å². The first kappa shape index (κ1) is 24.7. The number of nitrogens with zero attached hydrogens (tertiary/aromatic N) is 6. The summed E-state index contributed by atoms with van der Waals surface area (Å²) in [7, 11) is 3.83. The molecule has 3 aromatic heterocycles. The number of fused-ring (bicyclic) bond motifs is 20. The molecule has 0 spiro atoms. The summed E-state index contributed by atoms with van der Waals surface area (Å²) < 4.78 is 0. The van der Waals surface area contributed by atoms with Gasteiger partial charge in [0, 0.05) is 43.8 Å². The van der Waals surface area contributed by atoms with E-state index in [-0.39, 0.29) is 0 Å². The molecule has 2 aliphatic heterocycles. The largest absolute Gasteiger partial charge is 0.324 e. The number of aromatic amines is 2. The molecule has 0 atom stereocenters. The summed E-state index contributed by atoms with van der Waals surface area (Å²) in [5.41, 5.74) is 6.45. The van der Waals surface area contributed by atoms with Crippen LogP contribution < -0.4 is 0 Å². The van der Waals surface area contributed by atoms with Crippen LogP contribution in [0.2, 0.25) is 0 Å². The van der Waals surface area contributed by atoms with E-state index >= 15 is 0 Å². The maximum Gasteiger partial charge on any atom is 0.164 e. The zero-order chi connectivity index (χ0) is 28.2. The van der Waals surface area contributed by atoms with Crippen LogP contribution in [0.1, 0.15) is 0 Å². The second-order valence-electron chi connectivity index (χ2n) is 9.79. The topological polar surface area (TPSA) is 109 Å². The molecule has 5 heterocycles. The first-order valence-electron chi connectivity index (χ1n) is 13.1. The third-order valence-corrected chi connectivity index (χ3v) is 7.46. The zero-order valence-corrected chi connectivity index (χ0v) is 23.6. The summed E-state index contributed by atoms with van der Waals surface area (Å²) in [6.45, 7) is 0. The Morgan fingerprint density at radius 1 is 0.357 bits per heavy atom. The van der Waals surface area contributed by atoms with Crippen molar-refractivity contribution in [1.29, 1.82) is 0 Å². The van der Waals surface area contributed by atoms with Crippen LogP contribution in [0, 0.1) is 0 Å². The monoisotopic (exact) mass is 602 g/mol. The quantitative estimate of drug-likeness (QED) is 0.173. The van der Waals surface area contributed by atoms with Crippen LogP contribution >= 0.6 is 10.6 Å². The first-order valence-corrected chi connectivity index (χ1v) is 14.8. The van der Waals surface area contributed by atoms with Crippen molar-refractivity contribution < 1.29 is 14.4 Å². The van der Waals surface area contributed by atoms with Crippen molar-refractivity contribution in [2.24, 2.45) is 0 Å². The summed E-state index contributed by atoms with van der Waals surface area (Å²) in [6.07, 6.45) is 0. The van der Waals surface area contributed by atoms with Crippen molar-refractivity contribution in [3.63, 3.8) is 0 Å². The summed E-state index contributed by atoms with van der Waals surface area (Å²) in [5.74, 6) is 2.39. The fraction of sp³-hybridized carbons (Fsp3) is 0. The molecule has 0 amide bonds. The molecule has 9 rings (SSSR count). The molecule has 0 saturated heterocycles. The van der Waals surface area contributed by atoms with Gasteiger partial charge < -0.3 is 9.97 Å². The van der Waals surface area contributed by atoms with E-state index in [4.69, 9.17) is 29.9 Å². The van der Waals surface area contributed by atoms with Crippen LogP contribution in [0.5, 0.6) is 0 Å². The molecule has 0 unspecified atom stereocenters. The third-order valence-electron chi connectivity index (χ3n) is 7.46. The van der Waals surface area contributed by atoms with Gasteiger partial charge in [-0.3, -0.25) is 0 Å². The number of hydrogen-bond donors (Lipinski definition) is 2. The van der Waals surface area contributed by atoms with Gasteiger partial charge in [0.25, 0.3) is 0 Å². The fourth-order valence-electron chi connectivity index (χ4n) is 5.59. The predicted molar refractivity (Wildman–Crippen MR) is 164 cm³/mol. The van der Waals surface area contributed by atoms with Crippen molar-refractivity contribution in [2.45, 2.75) is 0 Å². The number of aromatic nitrogens is 8. The molecule has 200 valence electrons. The molecular formula is C32H18FeN8S. The second kappa shape index (κ2) is 9.81. The van der Waals surface area contributed by atoms with Crippen molar-refractivity contribution >= 4 is 54.7 Å². The number of hydrogen-bond acceptors (Lipinski definition) is 7. The summed E-state index contributed by atoms with van der Waals surface area (Å²) in [6, 6.07) is 32.2. The Kier molecular flexibility index (Phi) is 5.78. The second-order valence-corrected chi connectivity index (χ2v) is 9.79. The molecule has 42 heavy (non-hydrogen) atoms. The maximum atomic E-state index is 5.02. The van der Waals surface area contributed by atoms with Crippen LogP contribution in [0.3, 0.4) is 0 Å². The maximum absolute atomic E-state index is 5.02. The standard InChI is InChI=1S/C32H18N8.Fe.S/c1-2-10-18-17(9-1)25-33-26(18)38-28-21-13-5-6-14-22(21)30(35-28)40-32-24-16-8-7-15-23(24)31(36-32)39-29-20-12-4-3-11-19(20)27(34-29)37-25;;/h1-16H,(H2,33,34,35,36,37,38,39,40);;. The molecule has 2 aliphatic rings. The van der Waals surface area contributed by atoms with Crippen LogP contribution in [-0.4, -0.2) is 39.9 Å². The Labute approximate surface area is 250 Å². The minimum Gasteiger partial charge on any atom is -0.324 e. The molecule has 4 aromatic carbocycles. The number of rotatable bonds is 0. The van der Waals surface area contributed by atoms with E-state index in [1.807, 2.05) is 97.1 Å². The van der Waals surface area contributed by atoms with Gasteiger partial charge in [-0.25, -0.2) is 29.9 Å². The molecule has 8 nitrogen and oxygen atoms in total. The van der Waals surface area contributed by atoms with Gasteiger partial charge in [0.2, 0.25) is 0 Å². The van der Waals surface area contributed by atoms with Crippen LogP contribution in [0.4, 0.5) is 0 Å². The number of H-pyrrole nitrogens is 2. The zero-order valence-electron chi connectivity index (χ0n) is 21.7. The Morgan fingerprint density at radius 2 is 0.595 bits per heavy atom. The van der Waals surface area contributed by atoms with E-state index in [9.17, 15) is 0 Å². The van der Waals surface area contributed by atoms with E-state index in [0.717, 1.165) is 43.8 Å². The van der Waals surface area contributed by atoms with Gasteiger partial charge in [0.1, 0.15) is 22.6 Å². The Balaban J connectivity index is 0.00000131. The molecule has 8 bridgehead atoms. The Morgan fingerprint density at radius 3 is 0.857 bits per heavy atom.